The van der Waals surface area contributed by atoms with Crippen molar-refractivity contribution in [3.8, 4) is 0 Å². The lowest BCUT2D eigenvalue weighted by Crippen LogP contribution is -2.57. The molecule has 0 spiro atoms. The molecule has 3 aliphatic heterocycles. The van der Waals surface area contributed by atoms with E-state index in [0.29, 0.717) is 44.5 Å². The topological polar surface area (TPSA) is 109 Å². The predicted octanol–water partition coefficient (Wildman–Crippen LogP) is 1.52. The number of rotatable bonds is 5. The van der Waals surface area contributed by atoms with Gasteiger partial charge in [-0.25, -0.2) is 0 Å². The Morgan fingerprint density at radius 2 is 1.86 bits per heavy atom. The third-order valence-corrected chi connectivity index (χ3v) is 9.31. The van der Waals surface area contributed by atoms with Crippen molar-refractivity contribution in [1.29, 1.82) is 0 Å². The van der Waals surface area contributed by atoms with Gasteiger partial charge in [0.25, 0.3) is 16.1 Å². The highest BCUT2D eigenvalue weighted by Crippen LogP contribution is 2.39. The average Bonchev–Trinajstić information content (AvgIpc) is 3.25. The van der Waals surface area contributed by atoms with Crippen molar-refractivity contribution in [2.24, 2.45) is 5.73 Å². The average molecular weight is 464 g/mol. The van der Waals surface area contributed by atoms with Gasteiger partial charge in [0.05, 0.1) is 0 Å². The van der Waals surface area contributed by atoms with E-state index in [4.69, 9.17) is 5.73 Å². The first-order chi connectivity index (χ1) is 13.4. The number of hydrogen-bond donors (Lipinski definition) is 2. The molecule has 4 heterocycles. The second-order valence-corrected chi connectivity index (χ2v) is 10.9. The van der Waals surface area contributed by atoms with Crippen LogP contribution in [0, 0.1) is 0 Å². The van der Waals surface area contributed by atoms with Crippen LogP contribution in [0.15, 0.2) is 6.07 Å². The highest BCUT2D eigenvalue weighted by Gasteiger charge is 2.49. The third kappa shape index (κ3) is 4.62. The first-order valence-corrected chi connectivity index (χ1v) is 12.4. The lowest BCUT2D eigenvalue weighted by molar-refractivity contribution is 0.0903. The first kappa shape index (κ1) is 22.9. The molecular weight excluding hydrogens is 434 g/mol. The van der Waals surface area contributed by atoms with Crippen LogP contribution in [0.3, 0.4) is 0 Å². The molecule has 1 amide bonds. The number of aromatic nitrogens is 1. The molecule has 3 saturated heterocycles. The van der Waals surface area contributed by atoms with E-state index in [2.05, 4.69) is 9.69 Å². The minimum absolute atomic E-state index is 0. The van der Waals surface area contributed by atoms with Crippen LogP contribution in [0.25, 0.3) is 0 Å². The van der Waals surface area contributed by atoms with E-state index in [1.54, 1.807) is 8.61 Å². The van der Waals surface area contributed by atoms with E-state index in [1.165, 1.54) is 11.5 Å². The van der Waals surface area contributed by atoms with Crippen LogP contribution < -0.4 is 11.1 Å². The second-order valence-electron chi connectivity index (χ2n) is 8.13. The molecule has 1 aromatic heterocycles. The third-order valence-electron chi connectivity index (χ3n) is 6.23. The van der Waals surface area contributed by atoms with Crippen LogP contribution in [0.1, 0.15) is 60.8 Å². The Kier molecular flexibility index (Phi) is 7.23. The summed E-state index contributed by atoms with van der Waals surface area (Å²) in [4.78, 5) is 13.6. The fourth-order valence-corrected chi connectivity index (χ4v) is 7.43. The van der Waals surface area contributed by atoms with Crippen LogP contribution in [-0.4, -0.2) is 64.6 Å². The molecule has 0 aliphatic carbocycles. The molecule has 3 fully saturated rings. The number of hydrogen-bond acceptors (Lipinski definition) is 6. The maximum Gasteiger partial charge on any atom is 0.282 e. The number of fused-ring (bicyclic) bond motifs is 2. The Labute approximate surface area is 183 Å². The van der Waals surface area contributed by atoms with E-state index >= 15 is 0 Å². The molecule has 1 aromatic rings. The zero-order valence-electron chi connectivity index (χ0n) is 16.6. The SMILES string of the molecule is CCc1cc(C(=O)NC2C[C@H]3CC[C@@H](C2)N3S(=O)(=O)N2CCC(N)CC2)ns1.Cl. The van der Waals surface area contributed by atoms with Gasteiger partial charge >= 0.3 is 0 Å². The maximum absolute atomic E-state index is 13.2. The maximum atomic E-state index is 13.2. The van der Waals surface area contributed by atoms with Crippen LogP contribution >= 0.6 is 23.9 Å². The number of nitrogens with zero attached hydrogens (tertiary/aromatic N) is 3. The normalized spacial score (nSPS) is 28.8. The van der Waals surface area contributed by atoms with Crippen LogP contribution in [0.2, 0.25) is 0 Å². The molecule has 3 N–H and O–H groups in total. The standard InChI is InChI=1S/C18H29N5O3S2.ClH/c1-2-16-11-17(21-27-16)18(24)20-13-9-14-3-4-15(10-13)23(14)28(25,26)22-7-5-12(19)6-8-22;/h11-15H,2-10,19H2,1H3,(H,20,24);1H/t13?,14-,15+;. The molecule has 3 atom stereocenters. The van der Waals surface area contributed by atoms with E-state index in [1.807, 2.05) is 13.0 Å². The lowest BCUT2D eigenvalue weighted by Gasteiger charge is -2.41. The summed E-state index contributed by atoms with van der Waals surface area (Å²) in [5.41, 5.74) is 6.40. The number of piperidine rings is 2. The zero-order chi connectivity index (χ0) is 19.9. The molecule has 8 nitrogen and oxygen atoms in total. The highest BCUT2D eigenvalue weighted by molar-refractivity contribution is 7.86. The molecule has 11 heteroatoms. The summed E-state index contributed by atoms with van der Waals surface area (Å²) < 4.78 is 34.0. The van der Waals surface area contributed by atoms with Gasteiger partial charge in [-0.15, -0.1) is 12.4 Å². The first-order valence-electron chi connectivity index (χ1n) is 10.2. The minimum Gasteiger partial charge on any atom is -0.348 e. The Balaban J connectivity index is 0.00000240. The van der Waals surface area contributed by atoms with Crippen molar-refractivity contribution >= 4 is 40.1 Å². The second kappa shape index (κ2) is 9.15. The summed E-state index contributed by atoms with van der Waals surface area (Å²) in [5.74, 6) is -0.151. The van der Waals surface area contributed by atoms with Crippen LogP contribution in [0.5, 0.6) is 0 Å². The summed E-state index contributed by atoms with van der Waals surface area (Å²) in [5, 5.41) is 3.08. The van der Waals surface area contributed by atoms with Gasteiger partial charge < -0.3 is 11.1 Å². The van der Waals surface area contributed by atoms with E-state index < -0.39 is 10.2 Å². The molecule has 164 valence electrons. The summed E-state index contributed by atoms with van der Waals surface area (Å²) in [7, 11) is -3.46. The van der Waals surface area contributed by atoms with E-state index in [0.717, 1.165) is 24.1 Å². The number of nitrogens with two attached hydrogens (primary N) is 1. The summed E-state index contributed by atoms with van der Waals surface area (Å²) >= 11 is 1.36. The molecule has 29 heavy (non-hydrogen) atoms. The number of carbonyl (C=O) groups is 1. The van der Waals surface area contributed by atoms with Gasteiger partial charge in [-0.05, 0) is 62.5 Å². The van der Waals surface area contributed by atoms with Gasteiger partial charge in [0, 0.05) is 42.1 Å². The molecule has 2 bridgehead atoms. The Morgan fingerprint density at radius 1 is 1.24 bits per heavy atom. The van der Waals surface area contributed by atoms with Gasteiger partial charge in [0.1, 0.15) is 5.69 Å². The van der Waals surface area contributed by atoms with Crippen LogP contribution in [0.4, 0.5) is 0 Å². The lowest BCUT2D eigenvalue weighted by atomic mass is 9.99. The van der Waals surface area contributed by atoms with Crippen LogP contribution in [-0.2, 0) is 16.6 Å². The fourth-order valence-electron chi connectivity index (χ4n) is 4.71. The summed E-state index contributed by atoms with van der Waals surface area (Å²) in [6.45, 7) is 3.05. The van der Waals surface area contributed by atoms with Gasteiger partial charge in [0.2, 0.25) is 0 Å². The largest absolute Gasteiger partial charge is 0.348 e. The quantitative estimate of drug-likeness (QED) is 0.688. The molecule has 3 aliphatic rings. The zero-order valence-corrected chi connectivity index (χ0v) is 19.1. The van der Waals surface area contributed by atoms with Crippen molar-refractivity contribution in [1.82, 2.24) is 18.3 Å². The summed E-state index contributed by atoms with van der Waals surface area (Å²) in [6, 6.07) is 1.87. The van der Waals surface area contributed by atoms with Crippen molar-refractivity contribution < 1.29 is 13.2 Å². The molecule has 4 rings (SSSR count). The fraction of sp³-hybridized carbons (Fsp3) is 0.778. The Bertz CT molecular complexity index is 811. The van der Waals surface area contributed by atoms with Gasteiger partial charge in [-0.3, -0.25) is 4.79 Å². The number of aryl methyl sites for hydroxylation is 1. The van der Waals surface area contributed by atoms with Crippen molar-refractivity contribution in [2.75, 3.05) is 13.1 Å². The van der Waals surface area contributed by atoms with E-state index in [-0.39, 0.29) is 42.5 Å². The molecule has 0 saturated carbocycles. The molecule has 1 unspecified atom stereocenters. The number of carbonyl (C=O) groups excluding carboxylic acids is 1. The van der Waals surface area contributed by atoms with Gasteiger partial charge in [-0.1, -0.05) is 6.92 Å². The highest BCUT2D eigenvalue weighted by atomic mass is 35.5. The predicted molar refractivity (Wildman–Crippen MR) is 116 cm³/mol. The molecule has 0 radical (unpaired) electrons. The minimum atomic E-state index is -3.46. The molecular formula is C18H30ClN5O3S2. The van der Waals surface area contributed by atoms with Gasteiger partial charge in [-0.2, -0.15) is 21.4 Å². The van der Waals surface area contributed by atoms with Crippen molar-refractivity contribution in [3.63, 3.8) is 0 Å². The monoisotopic (exact) mass is 463 g/mol. The molecule has 0 aromatic carbocycles. The summed E-state index contributed by atoms with van der Waals surface area (Å²) in [6.07, 6.45) is 5.36. The Morgan fingerprint density at radius 3 is 2.41 bits per heavy atom. The van der Waals surface area contributed by atoms with E-state index in [9.17, 15) is 13.2 Å². The van der Waals surface area contributed by atoms with Crippen molar-refractivity contribution in [3.05, 3.63) is 16.6 Å². The number of amides is 1. The number of nitrogens with one attached hydrogen (secondary N) is 1. The smallest absolute Gasteiger partial charge is 0.282 e. The Hall–Kier alpha value is -0.780. The van der Waals surface area contributed by atoms with Gasteiger partial charge in [0.15, 0.2) is 0 Å². The van der Waals surface area contributed by atoms with Crippen molar-refractivity contribution in [2.45, 2.75) is 76.0 Å². The number of halogens is 1.